The van der Waals surface area contributed by atoms with E-state index in [2.05, 4.69) is 36.1 Å². The summed E-state index contributed by atoms with van der Waals surface area (Å²) in [4.78, 5) is 4.47. The first-order valence-corrected chi connectivity index (χ1v) is 7.28. The number of aromatic nitrogens is 2. The molecule has 0 saturated heterocycles. The lowest BCUT2D eigenvalue weighted by molar-refractivity contribution is 0.0565. The summed E-state index contributed by atoms with van der Waals surface area (Å²) in [5.74, 6) is 1.13. The summed E-state index contributed by atoms with van der Waals surface area (Å²) in [5, 5.41) is 14.2. The Morgan fingerprint density at radius 3 is 2.29 bits per heavy atom. The van der Waals surface area contributed by atoms with Crippen molar-refractivity contribution in [1.82, 2.24) is 10.1 Å². The molecule has 0 fully saturated rings. The van der Waals surface area contributed by atoms with Crippen molar-refractivity contribution in [3.05, 3.63) is 47.6 Å². The van der Waals surface area contributed by atoms with Crippen molar-refractivity contribution >= 4 is 0 Å². The second kappa shape index (κ2) is 5.60. The predicted octanol–water partition coefficient (Wildman–Crippen LogP) is 3.35. The van der Waals surface area contributed by atoms with Crippen molar-refractivity contribution in [1.29, 1.82) is 0 Å². The Labute approximate surface area is 126 Å². The lowest BCUT2D eigenvalue weighted by Gasteiger charge is -2.24. The summed E-state index contributed by atoms with van der Waals surface area (Å²) in [6.07, 6.45) is -0.132. The molecule has 0 aliphatic heterocycles. The maximum atomic E-state index is 10.1. The van der Waals surface area contributed by atoms with Crippen LogP contribution in [0.25, 0.3) is 0 Å². The molecule has 0 bridgehead atoms. The van der Waals surface area contributed by atoms with Crippen molar-refractivity contribution in [2.75, 3.05) is 0 Å². The van der Waals surface area contributed by atoms with Crippen LogP contribution < -0.4 is 0 Å². The largest absolute Gasteiger partial charge is 0.392 e. The van der Waals surface area contributed by atoms with Gasteiger partial charge in [0.2, 0.25) is 5.89 Å². The summed E-state index contributed by atoms with van der Waals surface area (Å²) in [7, 11) is 0. The molecular formula is C17H24N2O2. The zero-order chi connectivity index (χ0) is 15.7. The molecular weight excluding hydrogens is 264 g/mol. The van der Waals surface area contributed by atoms with Crippen LogP contribution in [0.5, 0.6) is 0 Å². The van der Waals surface area contributed by atoms with Crippen LogP contribution in [0.4, 0.5) is 0 Å². The fraction of sp³-hybridized carbons (Fsp3) is 0.529. The molecule has 1 aromatic heterocycles. The minimum Gasteiger partial charge on any atom is -0.392 e. The van der Waals surface area contributed by atoms with Crippen LogP contribution in [-0.2, 0) is 11.8 Å². The summed E-state index contributed by atoms with van der Waals surface area (Å²) < 4.78 is 5.32. The molecule has 21 heavy (non-hydrogen) atoms. The van der Waals surface area contributed by atoms with Gasteiger partial charge in [-0.3, -0.25) is 0 Å². The third-order valence-corrected chi connectivity index (χ3v) is 3.89. The average molecular weight is 288 g/mol. The molecule has 1 atom stereocenters. The zero-order valence-corrected chi connectivity index (χ0v) is 13.4. The van der Waals surface area contributed by atoms with Crippen LogP contribution in [0.1, 0.15) is 51.9 Å². The maximum Gasteiger partial charge on any atom is 0.229 e. The van der Waals surface area contributed by atoms with E-state index in [4.69, 9.17) is 4.52 Å². The molecule has 1 unspecified atom stereocenters. The van der Waals surface area contributed by atoms with Gasteiger partial charge in [0, 0.05) is 0 Å². The van der Waals surface area contributed by atoms with Gasteiger partial charge in [0.25, 0.3) is 0 Å². The van der Waals surface area contributed by atoms with Gasteiger partial charge in [-0.15, -0.1) is 0 Å². The van der Waals surface area contributed by atoms with Crippen molar-refractivity contribution in [2.45, 2.75) is 52.6 Å². The van der Waals surface area contributed by atoms with Crippen LogP contribution in [0.3, 0.4) is 0 Å². The van der Waals surface area contributed by atoms with Gasteiger partial charge >= 0.3 is 0 Å². The molecule has 0 spiro atoms. The molecule has 0 radical (unpaired) electrons. The minimum atomic E-state index is -0.509. The molecule has 1 N–H and O–H groups in total. The van der Waals surface area contributed by atoms with E-state index in [1.807, 2.05) is 39.0 Å². The number of nitrogens with zero attached hydrogens (tertiary/aromatic N) is 2. The number of aliphatic hydroxyl groups is 1. The van der Waals surface area contributed by atoms with E-state index in [1.54, 1.807) is 0 Å². The average Bonchev–Trinajstić information content (AvgIpc) is 2.88. The van der Waals surface area contributed by atoms with Gasteiger partial charge in [-0.2, -0.15) is 4.98 Å². The Balaban J connectivity index is 2.20. The molecule has 0 aliphatic rings. The van der Waals surface area contributed by atoms with Crippen LogP contribution >= 0.6 is 0 Å². The van der Waals surface area contributed by atoms with Crippen molar-refractivity contribution in [3.63, 3.8) is 0 Å². The predicted molar refractivity (Wildman–Crippen MR) is 82.0 cm³/mol. The molecule has 0 aliphatic carbocycles. The van der Waals surface area contributed by atoms with Gasteiger partial charge < -0.3 is 9.63 Å². The molecule has 0 saturated carbocycles. The first-order valence-electron chi connectivity index (χ1n) is 7.28. The first-order chi connectivity index (χ1) is 9.71. The van der Waals surface area contributed by atoms with E-state index in [0.717, 1.165) is 5.56 Å². The summed E-state index contributed by atoms with van der Waals surface area (Å²) in [5.41, 5.74) is 0.605. The van der Waals surface area contributed by atoms with Gasteiger partial charge in [-0.1, -0.05) is 56.3 Å². The van der Waals surface area contributed by atoms with E-state index in [-0.39, 0.29) is 10.8 Å². The smallest absolute Gasteiger partial charge is 0.229 e. The van der Waals surface area contributed by atoms with Gasteiger partial charge in [-0.05, 0) is 24.8 Å². The highest BCUT2D eigenvalue weighted by atomic mass is 16.5. The quantitative estimate of drug-likeness (QED) is 0.937. The fourth-order valence-corrected chi connectivity index (χ4v) is 2.05. The molecule has 1 heterocycles. The van der Waals surface area contributed by atoms with Crippen molar-refractivity contribution in [3.8, 4) is 0 Å². The Morgan fingerprint density at radius 2 is 1.71 bits per heavy atom. The normalized spacial score (nSPS) is 14.2. The molecule has 0 amide bonds. The summed E-state index contributed by atoms with van der Waals surface area (Å²) in [6.45, 7) is 10.1. The van der Waals surface area contributed by atoms with Crippen molar-refractivity contribution < 1.29 is 9.63 Å². The lowest BCUT2D eigenvalue weighted by atomic mass is 9.84. The highest BCUT2D eigenvalue weighted by Crippen LogP contribution is 2.29. The zero-order valence-electron chi connectivity index (χ0n) is 13.4. The molecule has 4 nitrogen and oxygen atoms in total. The van der Waals surface area contributed by atoms with E-state index < -0.39 is 6.10 Å². The van der Waals surface area contributed by atoms with Gasteiger partial charge in [0.05, 0.1) is 17.9 Å². The third-order valence-electron chi connectivity index (χ3n) is 3.89. The summed E-state index contributed by atoms with van der Waals surface area (Å²) >= 11 is 0. The highest BCUT2D eigenvalue weighted by Gasteiger charge is 2.30. The topological polar surface area (TPSA) is 59.2 Å². The van der Waals surface area contributed by atoms with E-state index in [1.165, 1.54) is 0 Å². The van der Waals surface area contributed by atoms with Gasteiger partial charge in [0.1, 0.15) is 0 Å². The van der Waals surface area contributed by atoms with E-state index >= 15 is 0 Å². The Hall–Kier alpha value is -1.68. The first kappa shape index (κ1) is 15.7. The minimum absolute atomic E-state index is 0.205. The number of aliphatic hydroxyl groups excluding tert-OH is 1. The van der Waals surface area contributed by atoms with Crippen molar-refractivity contribution in [2.24, 2.45) is 5.41 Å². The van der Waals surface area contributed by atoms with E-state index in [0.29, 0.717) is 18.1 Å². The standard InChI is InChI=1S/C17H24N2O2/c1-16(2,3)13(20)11-14-18-15(19-21-14)17(4,5)12-9-7-6-8-10-12/h6-10,13,20H,11H2,1-5H3. The van der Waals surface area contributed by atoms with Gasteiger partial charge in [-0.25, -0.2) is 0 Å². The molecule has 114 valence electrons. The fourth-order valence-electron chi connectivity index (χ4n) is 2.05. The maximum absolute atomic E-state index is 10.1. The number of rotatable bonds is 4. The second-order valence-corrected chi connectivity index (χ2v) is 7.09. The molecule has 2 aromatic rings. The monoisotopic (exact) mass is 288 g/mol. The molecule has 2 rings (SSSR count). The number of benzene rings is 1. The Bertz CT molecular complexity index is 582. The second-order valence-electron chi connectivity index (χ2n) is 7.09. The van der Waals surface area contributed by atoms with Crippen LogP contribution in [0.15, 0.2) is 34.9 Å². The SMILES string of the molecule is CC(C)(c1ccccc1)c1noc(CC(O)C(C)(C)C)n1. The van der Waals surface area contributed by atoms with Gasteiger partial charge in [0.15, 0.2) is 5.82 Å². The molecule has 1 aromatic carbocycles. The van der Waals surface area contributed by atoms with Crippen LogP contribution in [0.2, 0.25) is 0 Å². The van der Waals surface area contributed by atoms with E-state index in [9.17, 15) is 5.11 Å². The highest BCUT2D eigenvalue weighted by molar-refractivity contribution is 5.30. The van der Waals surface area contributed by atoms with Crippen LogP contribution in [0, 0.1) is 5.41 Å². The number of hydrogen-bond donors (Lipinski definition) is 1. The lowest BCUT2D eigenvalue weighted by Crippen LogP contribution is -2.28. The molecule has 4 heteroatoms. The Kier molecular flexibility index (Phi) is 4.19. The summed E-state index contributed by atoms with van der Waals surface area (Å²) in [6, 6.07) is 10.1. The van der Waals surface area contributed by atoms with Crippen LogP contribution in [-0.4, -0.2) is 21.4 Å². The Morgan fingerprint density at radius 1 is 1.10 bits per heavy atom. The number of hydrogen-bond acceptors (Lipinski definition) is 4. The third kappa shape index (κ3) is 3.50.